The number of hydrogen-bond donors (Lipinski definition) is 0. The number of carbonyl (C=O) groups is 1. The van der Waals surface area contributed by atoms with Crippen molar-refractivity contribution in [2.75, 3.05) is 0 Å². The molecule has 1 aromatic carbocycles. The van der Waals surface area contributed by atoms with Gasteiger partial charge in [-0.05, 0) is 0 Å². The van der Waals surface area contributed by atoms with Crippen molar-refractivity contribution in [2.45, 2.75) is 0 Å². The van der Waals surface area contributed by atoms with Crippen molar-refractivity contribution < 1.29 is 9.59 Å². The summed E-state index contributed by atoms with van der Waals surface area (Å²) in [5, 5.41) is 1.82. The van der Waals surface area contributed by atoms with Gasteiger partial charge in [-0.2, -0.15) is 0 Å². The number of hydrogen-bond acceptors (Lipinski definition) is 5. The van der Waals surface area contributed by atoms with Gasteiger partial charge in [-0.15, -0.1) is 16.3 Å². The van der Waals surface area contributed by atoms with Crippen LogP contribution in [0.5, 0.6) is 0 Å². The summed E-state index contributed by atoms with van der Waals surface area (Å²) in [4.78, 5) is 29.2. The van der Waals surface area contributed by atoms with Crippen molar-refractivity contribution in [1.82, 2.24) is 4.98 Å². The molecule has 5 heteroatoms. The summed E-state index contributed by atoms with van der Waals surface area (Å²) in [6.07, 6.45) is 1.39. The van der Waals surface area contributed by atoms with Gasteiger partial charge in [0.25, 0.3) is 0 Å². The molecule has 0 fully saturated rings. The fourth-order valence-corrected chi connectivity index (χ4v) is 1.81. The number of ketones is 1. The van der Waals surface area contributed by atoms with Crippen molar-refractivity contribution in [3.8, 4) is 0 Å². The molecule has 0 saturated carbocycles. The normalized spacial score (nSPS) is 9.50. The maximum Gasteiger partial charge on any atom is 0.242 e. The highest BCUT2D eigenvalue weighted by atomic mass is 32.1. The maximum absolute atomic E-state index is 11.9. The first-order valence-electron chi connectivity index (χ1n) is 4.44. The van der Waals surface area contributed by atoms with Crippen LogP contribution in [0.15, 0.2) is 40.7 Å². The second-order valence-electron chi connectivity index (χ2n) is 2.91. The number of carbonyl (C=O) groups excluding carboxylic acids is 2. The van der Waals surface area contributed by atoms with E-state index in [0.29, 0.717) is 11.3 Å². The van der Waals surface area contributed by atoms with Gasteiger partial charge in [-0.1, -0.05) is 30.3 Å². The molecule has 1 aromatic heterocycles. The van der Waals surface area contributed by atoms with E-state index in [1.54, 1.807) is 29.6 Å². The molecule has 1 heterocycles. The van der Waals surface area contributed by atoms with Crippen LogP contribution in [0, 0.1) is 0 Å². The molecule has 0 atom stereocenters. The second kappa shape index (κ2) is 4.61. The molecule has 0 aliphatic heterocycles. The van der Waals surface area contributed by atoms with Gasteiger partial charge in [0, 0.05) is 10.9 Å². The Labute approximate surface area is 95.3 Å². The Hall–Kier alpha value is -2.10. The topological polar surface area (TPSA) is 59.4 Å². The first kappa shape index (κ1) is 10.4. The van der Waals surface area contributed by atoms with E-state index < -0.39 is 0 Å². The van der Waals surface area contributed by atoms with Crippen LogP contribution in [0.4, 0.5) is 5.13 Å². The van der Waals surface area contributed by atoms with Crippen LogP contribution in [-0.4, -0.2) is 16.8 Å². The fraction of sp³-hybridized carbons (Fsp3) is 0. The minimum Gasteiger partial charge on any atom is -0.287 e. The predicted molar refractivity (Wildman–Crippen MR) is 59.8 cm³/mol. The Kier molecular flexibility index (Phi) is 3.00. The summed E-state index contributed by atoms with van der Waals surface area (Å²) in [6, 6.07) is 8.82. The first-order chi connectivity index (χ1) is 7.81. The minimum atomic E-state index is -0.177. The van der Waals surface area contributed by atoms with E-state index in [1.807, 2.05) is 6.07 Å². The van der Waals surface area contributed by atoms with Gasteiger partial charge in [-0.3, -0.25) is 4.79 Å². The molecule has 0 saturated heterocycles. The second-order valence-corrected chi connectivity index (χ2v) is 3.75. The van der Waals surface area contributed by atoms with Gasteiger partial charge in [0.05, 0.1) is 0 Å². The molecule has 0 radical (unpaired) electrons. The summed E-state index contributed by atoms with van der Waals surface area (Å²) in [6.45, 7) is 0. The number of aliphatic imine (C=N–C) groups is 1. The highest BCUT2D eigenvalue weighted by molar-refractivity contribution is 7.13. The lowest BCUT2D eigenvalue weighted by molar-refractivity contribution is 0.103. The average molecular weight is 230 g/mol. The Bertz CT molecular complexity index is 556. The molecule has 0 bridgehead atoms. The van der Waals surface area contributed by atoms with Gasteiger partial charge < -0.3 is 0 Å². The van der Waals surface area contributed by atoms with E-state index in [0.717, 1.165) is 11.3 Å². The number of benzene rings is 1. The van der Waals surface area contributed by atoms with Gasteiger partial charge in [-0.25, -0.2) is 9.78 Å². The van der Waals surface area contributed by atoms with E-state index in [9.17, 15) is 9.59 Å². The predicted octanol–water partition coefficient (Wildman–Crippen LogP) is 2.34. The lowest BCUT2D eigenvalue weighted by Gasteiger charge is -1.95. The largest absolute Gasteiger partial charge is 0.287 e. The summed E-state index contributed by atoms with van der Waals surface area (Å²) < 4.78 is 0. The zero-order valence-electron chi connectivity index (χ0n) is 8.08. The molecule has 2 rings (SSSR count). The number of isocyanates is 1. The van der Waals surface area contributed by atoms with Crippen LogP contribution < -0.4 is 0 Å². The highest BCUT2D eigenvalue weighted by Crippen LogP contribution is 2.20. The third kappa shape index (κ3) is 2.11. The number of thiazole rings is 1. The third-order valence-electron chi connectivity index (χ3n) is 1.90. The van der Waals surface area contributed by atoms with E-state index >= 15 is 0 Å². The van der Waals surface area contributed by atoms with Crippen LogP contribution >= 0.6 is 11.3 Å². The van der Waals surface area contributed by atoms with E-state index in [-0.39, 0.29) is 10.9 Å². The average Bonchev–Trinajstić information content (AvgIpc) is 2.78. The van der Waals surface area contributed by atoms with Crippen molar-refractivity contribution >= 4 is 28.3 Å². The Morgan fingerprint density at radius 1 is 1.31 bits per heavy atom. The molecule has 0 aliphatic carbocycles. The SMILES string of the molecule is O=C=Nc1nc(C(=O)c2ccccc2)cs1. The smallest absolute Gasteiger partial charge is 0.242 e. The van der Waals surface area contributed by atoms with Crippen molar-refractivity contribution in [1.29, 1.82) is 0 Å². The summed E-state index contributed by atoms with van der Waals surface area (Å²) in [7, 11) is 0. The van der Waals surface area contributed by atoms with Crippen LogP contribution in [0.1, 0.15) is 16.1 Å². The standard InChI is InChI=1S/C11H6N2O2S/c14-7-12-11-13-9(6-16-11)10(15)8-4-2-1-3-5-8/h1-6H. The molecule has 0 spiro atoms. The molecule has 4 nitrogen and oxygen atoms in total. The Morgan fingerprint density at radius 2 is 2.06 bits per heavy atom. The number of rotatable bonds is 3. The molecule has 2 aromatic rings. The van der Waals surface area contributed by atoms with E-state index in [2.05, 4.69) is 9.98 Å². The zero-order chi connectivity index (χ0) is 11.4. The highest BCUT2D eigenvalue weighted by Gasteiger charge is 2.12. The first-order valence-corrected chi connectivity index (χ1v) is 5.32. The quantitative estimate of drug-likeness (QED) is 0.462. The van der Waals surface area contributed by atoms with E-state index in [1.165, 1.54) is 6.08 Å². The maximum atomic E-state index is 11.9. The van der Waals surface area contributed by atoms with Gasteiger partial charge >= 0.3 is 0 Å². The third-order valence-corrected chi connectivity index (χ3v) is 2.64. The molecule has 16 heavy (non-hydrogen) atoms. The minimum absolute atomic E-state index is 0.177. The Balaban J connectivity index is 2.31. The molecule has 0 aliphatic rings. The van der Waals surface area contributed by atoms with Gasteiger partial charge in [0.1, 0.15) is 5.69 Å². The van der Waals surface area contributed by atoms with Gasteiger partial charge in [0.15, 0.2) is 0 Å². The number of nitrogens with zero attached hydrogens (tertiary/aromatic N) is 2. The van der Waals surface area contributed by atoms with Crippen molar-refractivity contribution in [3.05, 3.63) is 47.0 Å². The summed E-state index contributed by atoms with van der Waals surface area (Å²) in [5.74, 6) is -0.177. The molecule has 78 valence electrons. The molecule has 0 N–H and O–H groups in total. The van der Waals surface area contributed by atoms with Crippen LogP contribution in [0.25, 0.3) is 0 Å². The fourth-order valence-electron chi connectivity index (χ4n) is 1.20. The molecular formula is C11H6N2O2S. The lowest BCUT2D eigenvalue weighted by atomic mass is 10.1. The zero-order valence-corrected chi connectivity index (χ0v) is 8.90. The van der Waals surface area contributed by atoms with Crippen molar-refractivity contribution in [3.63, 3.8) is 0 Å². The van der Waals surface area contributed by atoms with Gasteiger partial charge in [0.2, 0.25) is 17.0 Å². The van der Waals surface area contributed by atoms with Crippen LogP contribution in [-0.2, 0) is 4.79 Å². The van der Waals surface area contributed by atoms with E-state index in [4.69, 9.17) is 0 Å². The number of aromatic nitrogens is 1. The summed E-state index contributed by atoms with van der Waals surface area (Å²) >= 11 is 1.14. The monoisotopic (exact) mass is 230 g/mol. The lowest BCUT2D eigenvalue weighted by Crippen LogP contribution is -2.00. The van der Waals surface area contributed by atoms with Crippen molar-refractivity contribution in [2.24, 2.45) is 4.99 Å². The molecule has 0 amide bonds. The van der Waals surface area contributed by atoms with Crippen LogP contribution in [0.2, 0.25) is 0 Å². The van der Waals surface area contributed by atoms with Crippen LogP contribution in [0.3, 0.4) is 0 Å². The molecule has 0 unspecified atom stereocenters. The molecular weight excluding hydrogens is 224 g/mol. The summed E-state index contributed by atoms with van der Waals surface area (Å²) in [5.41, 5.74) is 0.861. The Morgan fingerprint density at radius 3 is 2.75 bits per heavy atom.